The average molecular weight is 507 g/mol. The van der Waals surface area contributed by atoms with Crippen LogP contribution in [0.1, 0.15) is 10.4 Å². The van der Waals surface area contributed by atoms with Crippen LogP contribution in [0, 0.1) is 5.82 Å². The zero-order chi connectivity index (χ0) is 23.6. The van der Waals surface area contributed by atoms with Crippen molar-refractivity contribution in [2.24, 2.45) is 0 Å². The van der Waals surface area contributed by atoms with Gasteiger partial charge in [0.1, 0.15) is 5.82 Å². The van der Waals surface area contributed by atoms with Crippen LogP contribution in [0.5, 0.6) is 0 Å². The summed E-state index contributed by atoms with van der Waals surface area (Å²) in [7, 11) is -4.07. The Balaban J connectivity index is 1.56. The molecule has 33 heavy (non-hydrogen) atoms. The van der Waals surface area contributed by atoms with Gasteiger partial charge in [-0.25, -0.2) is 12.8 Å². The Morgan fingerprint density at radius 2 is 1.70 bits per heavy atom. The summed E-state index contributed by atoms with van der Waals surface area (Å²) in [4.78, 5) is 12.6. The second-order valence-corrected chi connectivity index (χ2v) is 9.12. The Labute approximate surface area is 197 Å². The largest absolute Gasteiger partial charge is 0.403 e. The standard InChI is InChI=1S/C21H13Cl2FN4O4S/c22-12-5-10-17(23)16(11-12)20-26-27-21(32-20)25-19(29)15-3-1-2-4-18(15)28-33(30,31)14-8-6-13(24)7-9-14/h1-11,28H,(H,25,27,29). The number of halogens is 3. The van der Waals surface area contributed by atoms with Gasteiger partial charge in [-0.05, 0) is 54.6 Å². The molecule has 0 unspecified atom stereocenters. The number of benzene rings is 3. The molecule has 8 nitrogen and oxygen atoms in total. The molecular weight excluding hydrogens is 494 g/mol. The summed E-state index contributed by atoms with van der Waals surface area (Å²) in [5.74, 6) is -1.25. The molecule has 0 aliphatic carbocycles. The molecule has 3 aromatic carbocycles. The van der Waals surface area contributed by atoms with E-state index in [2.05, 4.69) is 20.2 Å². The average Bonchev–Trinajstić information content (AvgIpc) is 3.24. The molecule has 0 saturated heterocycles. The number of anilines is 2. The molecule has 0 bridgehead atoms. The van der Waals surface area contributed by atoms with E-state index in [1.807, 2.05) is 0 Å². The van der Waals surface area contributed by atoms with Crippen molar-refractivity contribution in [3.8, 4) is 11.5 Å². The van der Waals surface area contributed by atoms with Crippen LogP contribution in [-0.4, -0.2) is 24.5 Å². The van der Waals surface area contributed by atoms with Crippen molar-refractivity contribution in [2.75, 3.05) is 10.0 Å². The van der Waals surface area contributed by atoms with Crippen molar-refractivity contribution >= 4 is 50.8 Å². The first kappa shape index (κ1) is 22.7. The molecule has 1 amide bonds. The van der Waals surface area contributed by atoms with Crippen LogP contribution in [0.2, 0.25) is 10.0 Å². The molecule has 0 fully saturated rings. The number of para-hydroxylation sites is 1. The van der Waals surface area contributed by atoms with Gasteiger partial charge in [0.15, 0.2) is 0 Å². The van der Waals surface area contributed by atoms with Gasteiger partial charge < -0.3 is 4.42 Å². The van der Waals surface area contributed by atoms with Crippen molar-refractivity contribution in [1.82, 2.24) is 10.2 Å². The molecule has 0 saturated carbocycles. The lowest BCUT2D eigenvalue weighted by Crippen LogP contribution is -2.18. The van der Waals surface area contributed by atoms with Gasteiger partial charge in [-0.1, -0.05) is 40.4 Å². The fraction of sp³-hybridized carbons (Fsp3) is 0. The maximum atomic E-state index is 13.1. The molecule has 4 rings (SSSR count). The molecule has 1 aromatic heterocycles. The first-order valence-corrected chi connectivity index (χ1v) is 11.4. The molecule has 4 aromatic rings. The number of nitrogens with one attached hydrogen (secondary N) is 2. The highest BCUT2D eigenvalue weighted by Gasteiger charge is 2.20. The predicted octanol–water partition coefficient (Wildman–Crippen LogP) is 5.24. The van der Waals surface area contributed by atoms with Gasteiger partial charge in [0.2, 0.25) is 0 Å². The Kier molecular flexibility index (Phi) is 6.32. The topological polar surface area (TPSA) is 114 Å². The van der Waals surface area contributed by atoms with Crippen LogP contribution in [-0.2, 0) is 10.0 Å². The zero-order valence-electron chi connectivity index (χ0n) is 16.4. The lowest BCUT2D eigenvalue weighted by atomic mass is 10.2. The molecule has 0 aliphatic heterocycles. The van der Waals surface area contributed by atoms with Crippen molar-refractivity contribution < 1.29 is 22.0 Å². The SMILES string of the molecule is O=C(Nc1nnc(-c2cc(Cl)ccc2Cl)o1)c1ccccc1NS(=O)(=O)c1ccc(F)cc1. The summed E-state index contributed by atoms with van der Waals surface area (Å²) < 4.78 is 46.2. The molecule has 168 valence electrons. The molecule has 0 radical (unpaired) electrons. The van der Waals surface area contributed by atoms with Gasteiger partial charge >= 0.3 is 6.01 Å². The lowest BCUT2D eigenvalue weighted by Gasteiger charge is -2.12. The zero-order valence-corrected chi connectivity index (χ0v) is 18.7. The monoisotopic (exact) mass is 506 g/mol. The second kappa shape index (κ2) is 9.18. The van der Waals surface area contributed by atoms with Crippen LogP contribution in [0.15, 0.2) is 76.0 Å². The summed E-state index contributed by atoms with van der Waals surface area (Å²) in [5.41, 5.74) is 0.366. The number of sulfonamides is 1. The van der Waals surface area contributed by atoms with Gasteiger partial charge in [0.05, 0.1) is 26.7 Å². The van der Waals surface area contributed by atoms with Crippen LogP contribution in [0.4, 0.5) is 16.1 Å². The van der Waals surface area contributed by atoms with E-state index in [4.69, 9.17) is 27.6 Å². The smallest absolute Gasteiger partial charge is 0.322 e. The van der Waals surface area contributed by atoms with E-state index in [0.29, 0.717) is 15.6 Å². The number of aromatic nitrogens is 2. The van der Waals surface area contributed by atoms with Crippen LogP contribution in [0.3, 0.4) is 0 Å². The second-order valence-electron chi connectivity index (χ2n) is 6.60. The first-order chi connectivity index (χ1) is 15.7. The molecule has 12 heteroatoms. The molecular formula is C21H13Cl2FN4O4S. The maximum absolute atomic E-state index is 13.1. The third-order valence-electron chi connectivity index (χ3n) is 4.34. The van der Waals surface area contributed by atoms with E-state index >= 15 is 0 Å². The first-order valence-electron chi connectivity index (χ1n) is 9.20. The molecule has 0 spiro atoms. The van der Waals surface area contributed by atoms with Crippen LogP contribution >= 0.6 is 23.2 Å². The Hall–Kier alpha value is -3.47. The summed E-state index contributed by atoms with van der Waals surface area (Å²) in [6.45, 7) is 0. The number of hydrogen-bond acceptors (Lipinski definition) is 6. The quantitative estimate of drug-likeness (QED) is 0.369. The molecule has 1 heterocycles. The fourth-order valence-corrected chi connectivity index (χ4v) is 4.25. The predicted molar refractivity (Wildman–Crippen MR) is 121 cm³/mol. The number of rotatable bonds is 6. The number of carbonyl (C=O) groups excluding carboxylic acids is 1. The highest BCUT2D eigenvalue weighted by Crippen LogP contribution is 2.30. The summed E-state index contributed by atoms with van der Waals surface area (Å²) in [5, 5.41) is 10.8. The van der Waals surface area contributed by atoms with Gasteiger partial charge in [-0.3, -0.25) is 14.8 Å². The van der Waals surface area contributed by atoms with Crippen molar-refractivity contribution in [3.05, 3.63) is 88.2 Å². The van der Waals surface area contributed by atoms with E-state index < -0.39 is 21.7 Å². The summed E-state index contributed by atoms with van der Waals surface area (Å²) >= 11 is 12.1. The maximum Gasteiger partial charge on any atom is 0.322 e. The van der Waals surface area contributed by atoms with Gasteiger partial charge in [0, 0.05) is 5.02 Å². The molecule has 2 N–H and O–H groups in total. The minimum Gasteiger partial charge on any atom is -0.403 e. The number of nitrogens with zero attached hydrogens (tertiary/aromatic N) is 2. The Bertz CT molecular complexity index is 1440. The summed E-state index contributed by atoms with van der Waals surface area (Å²) in [6, 6.07) is 14.6. The third kappa shape index (κ3) is 5.14. The number of amides is 1. The van der Waals surface area contributed by atoms with Gasteiger partial charge in [-0.2, -0.15) is 0 Å². The number of carbonyl (C=O) groups is 1. The molecule has 0 aliphatic rings. The van der Waals surface area contributed by atoms with Crippen LogP contribution < -0.4 is 10.0 Å². The fourth-order valence-electron chi connectivity index (χ4n) is 2.80. The Morgan fingerprint density at radius 3 is 2.45 bits per heavy atom. The van der Waals surface area contributed by atoms with Crippen molar-refractivity contribution in [1.29, 1.82) is 0 Å². The lowest BCUT2D eigenvalue weighted by molar-refractivity contribution is 0.102. The molecule has 0 atom stereocenters. The minimum absolute atomic E-state index is 0.00282. The van der Waals surface area contributed by atoms with E-state index in [1.165, 1.54) is 18.2 Å². The normalized spacial score (nSPS) is 11.2. The Morgan fingerprint density at radius 1 is 0.970 bits per heavy atom. The highest BCUT2D eigenvalue weighted by atomic mass is 35.5. The van der Waals surface area contributed by atoms with E-state index in [0.717, 1.165) is 24.3 Å². The van der Waals surface area contributed by atoms with Crippen molar-refractivity contribution in [2.45, 2.75) is 4.90 Å². The van der Waals surface area contributed by atoms with Crippen LogP contribution in [0.25, 0.3) is 11.5 Å². The number of hydrogen-bond donors (Lipinski definition) is 2. The highest BCUT2D eigenvalue weighted by molar-refractivity contribution is 7.92. The van der Waals surface area contributed by atoms with Crippen molar-refractivity contribution in [3.63, 3.8) is 0 Å². The van der Waals surface area contributed by atoms with E-state index in [1.54, 1.807) is 24.3 Å². The third-order valence-corrected chi connectivity index (χ3v) is 6.29. The minimum atomic E-state index is -4.07. The van der Waals surface area contributed by atoms with Gasteiger partial charge in [-0.15, -0.1) is 5.10 Å². The van der Waals surface area contributed by atoms with E-state index in [9.17, 15) is 17.6 Å². The van der Waals surface area contributed by atoms with Gasteiger partial charge in [0.25, 0.3) is 21.8 Å². The summed E-state index contributed by atoms with van der Waals surface area (Å²) in [6.07, 6.45) is 0. The van der Waals surface area contributed by atoms with E-state index in [-0.39, 0.29) is 28.1 Å².